The first-order chi connectivity index (χ1) is 12.3. The fourth-order valence-electron chi connectivity index (χ4n) is 1.59. The van der Waals surface area contributed by atoms with Gasteiger partial charge in [0.15, 0.2) is 0 Å². The van der Waals surface area contributed by atoms with Gasteiger partial charge in [0, 0.05) is 26.7 Å². The summed E-state index contributed by atoms with van der Waals surface area (Å²) in [5.74, 6) is -0.0429. The number of rotatable bonds is 18. The van der Waals surface area contributed by atoms with Gasteiger partial charge in [-0.15, -0.1) is 0 Å². The zero-order valence-corrected chi connectivity index (χ0v) is 16.4. The summed E-state index contributed by atoms with van der Waals surface area (Å²) in [5.41, 5.74) is 0. The van der Waals surface area contributed by atoms with Gasteiger partial charge in [-0.1, -0.05) is 0 Å². The van der Waals surface area contributed by atoms with Crippen molar-refractivity contribution in [2.45, 2.75) is 19.4 Å². The van der Waals surface area contributed by atoms with E-state index in [0.717, 1.165) is 13.1 Å². The minimum atomic E-state index is -3.57. The van der Waals surface area contributed by atoms with Crippen LogP contribution >= 0.6 is 7.60 Å². The van der Waals surface area contributed by atoms with E-state index < -0.39 is 13.7 Å². The minimum absolute atomic E-state index is 0.000858. The standard InChI is InChI=1S/C15H32NO9P/c1-14(17)16-4-3-5-21-6-7-22-8-9-23-10-11-24-12-15(18)13-25-26(2,19)20/h15,18H,3-13H2,1-2H3,(H,16,17)(H,19,20). The summed E-state index contributed by atoms with van der Waals surface area (Å²) in [4.78, 5) is 19.5. The van der Waals surface area contributed by atoms with Crippen molar-refractivity contribution >= 4 is 13.5 Å². The quantitative estimate of drug-likeness (QED) is 0.210. The zero-order chi connectivity index (χ0) is 19.7. The molecule has 0 aromatic rings. The van der Waals surface area contributed by atoms with E-state index in [4.69, 9.17) is 23.8 Å². The normalized spacial score (nSPS) is 14.8. The molecule has 0 aliphatic carbocycles. The average Bonchev–Trinajstić information content (AvgIpc) is 2.55. The predicted octanol–water partition coefficient (Wildman–Crippen LogP) is -0.228. The Morgan fingerprint density at radius 3 is 1.96 bits per heavy atom. The Kier molecular flexibility index (Phi) is 16.2. The Bertz CT molecular complexity index is 391. The molecule has 156 valence electrons. The maximum atomic E-state index is 10.9. The average molecular weight is 401 g/mol. The van der Waals surface area contributed by atoms with Crippen LogP contribution in [-0.4, -0.2) is 94.7 Å². The van der Waals surface area contributed by atoms with Gasteiger partial charge in [0.05, 0.1) is 52.9 Å². The molecule has 0 aliphatic rings. The van der Waals surface area contributed by atoms with Crippen molar-refractivity contribution in [1.82, 2.24) is 5.32 Å². The summed E-state index contributed by atoms with van der Waals surface area (Å²) in [7, 11) is -3.57. The maximum absolute atomic E-state index is 10.9. The highest BCUT2D eigenvalue weighted by Gasteiger charge is 2.13. The number of hydrogen-bond donors (Lipinski definition) is 3. The molecule has 0 saturated heterocycles. The molecule has 0 aromatic carbocycles. The number of amides is 1. The Hall–Kier alpha value is -0.580. The van der Waals surface area contributed by atoms with Gasteiger partial charge in [0.25, 0.3) is 0 Å². The zero-order valence-electron chi connectivity index (χ0n) is 15.6. The van der Waals surface area contributed by atoms with Crippen LogP contribution in [0.3, 0.4) is 0 Å². The number of hydrogen-bond acceptors (Lipinski definition) is 8. The number of carbonyl (C=O) groups is 1. The number of carbonyl (C=O) groups excluding carboxylic acids is 1. The van der Waals surface area contributed by atoms with Crippen LogP contribution in [0.4, 0.5) is 0 Å². The highest BCUT2D eigenvalue weighted by Crippen LogP contribution is 2.36. The third-order valence-corrected chi connectivity index (χ3v) is 3.40. The fraction of sp³-hybridized carbons (Fsp3) is 0.933. The number of aliphatic hydroxyl groups is 1. The number of aliphatic hydroxyl groups excluding tert-OH is 1. The SMILES string of the molecule is CC(=O)NCCCOCCOCCOCCOCC(O)COP(C)(=O)O. The molecule has 1 amide bonds. The van der Waals surface area contributed by atoms with Crippen LogP contribution < -0.4 is 5.32 Å². The second-order valence-corrected chi connectivity index (χ2v) is 7.37. The van der Waals surface area contributed by atoms with Crippen LogP contribution in [0.1, 0.15) is 13.3 Å². The van der Waals surface area contributed by atoms with Crippen molar-refractivity contribution in [2.24, 2.45) is 0 Å². The van der Waals surface area contributed by atoms with Gasteiger partial charge >= 0.3 is 7.60 Å². The smallest absolute Gasteiger partial charge is 0.325 e. The molecule has 2 atom stereocenters. The molecule has 0 radical (unpaired) electrons. The molecule has 0 aliphatic heterocycles. The lowest BCUT2D eigenvalue weighted by molar-refractivity contribution is -0.119. The Morgan fingerprint density at radius 2 is 1.46 bits per heavy atom. The molecule has 11 heteroatoms. The summed E-state index contributed by atoms with van der Waals surface area (Å²) in [6.07, 6.45) is -0.196. The maximum Gasteiger partial charge on any atom is 0.325 e. The van der Waals surface area contributed by atoms with Crippen molar-refractivity contribution in [3.63, 3.8) is 0 Å². The van der Waals surface area contributed by atoms with Crippen LogP contribution in [0.15, 0.2) is 0 Å². The van der Waals surface area contributed by atoms with E-state index in [0.29, 0.717) is 46.2 Å². The molecule has 0 bridgehead atoms. The second kappa shape index (κ2) is 16.6. The van der Waals surface area contributed by atoms with E-state index >= 15 is 0 Å². The van der Waals surface area contributed by atoms with Gasteiger partial charge < -0.3 is 38.8 Å². The molecule has 0 spiro atoms. The topological polar surface area (TPSA) is 133 Å². The van der Waals surface area contributed by atoms with Crippen molar-refractivity contribution in [3.05, 3.63) is 0 Å². The van der Waals surface area contributed by atoms with Crippen molar-refractivity contribution in [2.75, 3.05) is 72.7 Å². The van der Waals surface area contributed by atoms with E-state index in [1.54, 1.807) is 0 Å². The molecule has 0 aromatic heterocycles. The largest absolute Gasteiger partial charge is 0.388 e. The van der Waals surface area contributed by atoms with Crippen LogP contribution in [0, 0.1) is 0 Å². The van der Waals surface area contributed by atoms with Crippen LogP contribution in [0.5, 0.6) is 0 Å². The van der Waals surface area contributed by atoms with Crippen molar-refractivity contribution in [1.29, 1.82) is 0 Å². The third kappa shape index (κ3) is 21.5. The van der Waals surface area contributed by atoms with E-state index in [1.807, 2.05) is 0 Å². The number of ether oxygens (including phenoxy) is 4. The highest BCUT2D eigenvalue weighted by molar-refractivity contribution is 7.51. The summed E-state index contributed by atoms with van der Waals surface area (Å²) in [6.45, 7) is 5.91. The predicted molar refractivity (Wildman–Crippen MR) is 94.3 cm³/mol. The van der Waals surface area contributed by atoms with Crippen molar-refractivity contribution < 1.29 is 42.8 Å². The van der Waals surface area contributed by atoms with Crippen molar-refractivity contribution in [3.8, 4) is 0 Å². The molecule has 0 heterocycles. The Balaban J connectivity index is 3.17. The number of nitrogens with one attached hydrogen (secondary N) is 1. The van der Waals surface area contributed by atoms with Gasteiger partial charge in [0.1, 0.15) is 6.10 Å². The third-order valence-electron chi connectivity index (χ3n) is 2.77. The first-order valence-electron chi connectivity index (χ1n) is 8.49. The Labute approximate surface area is 154 Å². The molecule has 10 nitrogen and oxygen atoms in total. The summed E-state index contributed by atoms with van der Waals surface area (Å²) >= 11 is 0. The molecule has 0 saturated carbocycles. The molecule has 0 rings (SSSR count). The molecule has 2 unspecified atom stereocenters. The van der Waals surface area contributed by atoms with E-state index in [2.05, 4.69) is 9.84 Å². The molecule has 3 N–H and O–H groups in total. The molecule has 0 fully saturated rings. The molecular formula is C15H32NO9P. The summed E-state index contributed by atoms with van der Waals surface area (Å²) < 4.78 is 36.5. The van der Waals surface area contributed by atoms with Gasteiger partial charge in [-0.25, -0.2) is 0 Å². The first-order valence-corrected chi connectivity index (χ1v) is 10.5. The van der Waals surface area contributed by atoms with Gasteiger partial charge in [-0.3, -0.25) is 9.36 Å². The first kappa shape index (κ1) is 25.4. The Morgan fingerprint density at radius 1 is 0.962 bits per heavy atom. The van der Waals surface area contributed by atoms with Crippen LogP contribution in [0.25, 0.3) is 0 Å². The monoisotopic (exact) mass is 401 g/mol. The fourth-order valence-corrected chi connectivity index (χ4v) is 2.04. The van der Waals surface area contributed by atoms with E-state index in [1.165, 1.54) is 6.92 Å². The van der Waals surface area contributed by atoms with E-state index in [9.17, 15) is 14.5 Å². The molecular weight excluding hydrogens is 369 g/mol. The molecule has 26 heavy (non-hydrogen) atoms. The lowest BCUT2D eigenvalue weighted by Gasteiger charge is -2.13. The van der Waals surface area contributed by atoms with Crippen LogP contribution in [-0.2, 0) is 32.8 Å². The van der Waals surface area contributed by atoms with Gasteiger partial charge in [-0.2, -0.15) is 0 Å². The lowest BCUT2D eigenvalue weighted by Crippen LogP contribution is -2.22. The summed E-state index contributed by atoms with van der Waals surface area (Å²) in [6, 6.07) is 0. The summed E-state index contributed by atoms with van der Waals surface area (Å²) in [5, 5.41) is 12.1. The van der Waals surface area contributed by atoms with Gasteiger partial charge in [0.2, 0.25) is 5.91 Å². The lowest BCUT2D eigenvalue weighted by atomic mass is 10.4. The second-order valence-electron chi connectivity index (χ2n) is 5.50. The van der Waals surface area contributed by atoms with Gasteiger partial charge in [-0.05, 0) is 6.42 Å². The van der Waals surface area contributed by atoms with Crippen LogP contribution in [0.2, 0.25) is 0 Å². The van der Waals surface area contributed by atoms with E-state index in [-0.39, 0.29) is 25.7 Å². The minimum Gasteiger partial charge on any atom is -0.388 e. The highest BCUT2D eigenvalue weighted by atomic mass is 31.2.